The fourth-order valence-corrected chi connectivity index (χ4v) is 3.00. The quantitative estimate of drug-likeness (QED) is 0.584. The minimum atomic E-state index is -0.158. The van der Waals surface area contributed by atoms with E-state index in [4.69, 9.17) is 5.73 Å². The number of amides is 1. The van der Waals surface area contributed by atoms with Crippen LogP contribution in [0.4, 0.5) is 5.82 Å². The molecule has 0 unspecified atom stereocenters. The van der Waals surface area contributed by atoms with Gasteiger partial charge in [-0.05, 0) is 34.7 Å². The molecule has 2 aromatic carbocycles. The maximum Gasteiger partial charge on any atom is 0.253 e. The first-order valence-corrected chi connectivity index (χ1v) is 8.62. The standard InChI is InChI=1S/C22H18N4O/c23-21-20-7-6-15(10-17(20)8-9-25-21)12-26-22(27)19-11-18(13-24-14-19)16-4-2-1-3-5-16/h1-11,13-14H,12H2,(H2,23,25)(H,26,27). The van der Waals surface area contributed by atoms with Gasteiger partial charge in [-0.2, -0.15) is 0 Å². The van der Waals surface area contributed by atoms with E-state index in [0.717, 1.165) is 27.5 Å². The Morgan fingerprint density at radius 2 is 1.81 bits per heavy atom. The van der Waals surface area contributed by atoms with E-state index in [0.29, 0.717) is 17.9 Å². The monoisotopic (exact) mass is 354 g/mol. The van der Waals surface area contributed by atoms with Crippen LogP contribution < -0.4 is 11.1 Å². The molecule has 0 saturated heterocycles. The van der Waals surface area contributed by atoms with Gasteiger partial charge in [0.1, 0.15) is 5.82 Å². The normalized spacial score (nSPS) is 10.7. The van der Waals surface area contributed by atoms with Gasteiger partial charge in [-0.1, -0.05) is 42.5 Å². The minimum absolute atomic E-state index is 0.158. The second-order valence-electron chi connectivity index (χ2n) is 6.26. The molecule has 0 aliphatic rings. The van der Waals surface area contributed by atoms with Gasteiger partial charge < -0.3 is 11.1 Å². The lowest BCUT2D eigenvalue weighted by atomic mass is 10.1. The van der Waals surface area contributed by atoms with Crippen molar-refractivity contribution in [1.82, 2.24) is 15.3 Å². The summed E-state index contributed by atoms with van der Waals surface area (Å²) in [5.74, 6) is 0.349. The third-order valence-electron chi connectivity index (χ3n) is 4.42. The number of nitrogens with zero attached hydrogens (tertiary/aromatic N) is 2. The lowest BCUT2D eigenvalue weighted by Crippen LogP contribution is -2.23. The van der Waals surface area contributed by atoms with Crippen molar-refractivity contribution >= 4 is 22.5 Å². The smallest absolute Gasteiger partial charge is 0.253 e. The summed E-state index contributed by atoms with van der Waals surface area (Å²) in [4.78, 5) is 20.8. The van der Waals surface area contributed by atoms with Gasteiger partial charge >= 0.3 is 0 Å². The van der Waals surface area contributed by atoms with Gasteiger partial charge in [0, 0.05) is 36.1 Å². The topological polar surface area (TPSA) is 80.9 Å². The highest BCUT2D eigenvalue weighted by Crippen LogP contribution is 2.21. The van der Waals surface area contributed by atoms with Crippen LogP contribution >= 0.6 is 0 Å². The minimum Gasteiger partial charge on any atom is -0.383 e. The molecule has 0 atom stereocenters. The number of pyridine rings is 2. The Labute approximate surface area is 156 Å². The summed E-state index contributed by atoms with van der Waals surface area (Å²) in [6.45, 7) is 0.423. The van der Waals surface area contributed by atoms with Crippen molar-refractivity contribution in [2.45, 2.75) is 6.54 Å². The largest absolute Gasteiger partial charge is 0.383 e. The van der Waals surface area contributed by atoms with Crippen molar-refractivity contribution in [2.75, 3.05) is 5.73 Å². The summed E-state index contributed by atoms with van der Waals surface area (Å²) < 4.78 is 0. The van der Waals surface area contributed by atoms with Crippen LogP contribution in [0.15, 0.2) is 79.3 Å². The fourth-order valence-electron chi connectivity index (χ4n) is 3.00. The first-order chi connectivity index (χ1) is 13.2. The number of aromatic nitrogens is 2. The zero-order valence-electron chi connectivity index (χ0n) is 14.6. The Balaban J connectivity index is 1.50. The molecule has 3 N–H and O–H groups in total. The van der Waals surface area contributed by atoms with Crippen LogP contribution in [-0.4, -0.2) is 15.9 Å². The predicted octanol–water partition coefficient (Wildman–Crippen LogP) is 3.81. The molecule has 0 radical (unpaired) electrons. The van der Waals surface area contributed by atoms with Gasteiger partial charge in [0.25, 0.3) is 5.91 Å². The molecule has 0 spiro atoms. The first-order valence-electron chi connectivity index (χ1n) is 8.62. The van der Waals surface area contributed by atoms with E-state index in [1.54, 1.807) is 18.6 Å². The second kappa shape index (κ2) is 7.25. The number of hydrogen-bond donors (Lipinski definition) is 2. The molecule has 2 aromatic heterocycles. The molecule has 2 heterocycles. The molecule has 4 aromatic rings. The summed E-state index contributed by atoms with van der Waals surface area (Å²) in [5, 5.41) is 4.86. The fraction of sp³-hybridized carbons (Fsp3) is 0.0455. The van der Waals surface area contributed by atoms with Crippen LogP contribution in [0.5, 0.6) is 0 Å². The molecule has 0 fully saturated rings. The van der Waals surface area contributed by atoms with Crippen LogP contribution in [0.1, 0.15) is 15.9 Å². The van der Waals surface area contributed by atoms with Gasteiger partial charge in [-0.3, -0.25) is 9.78 Å². The van der Waals surface area contributed by atoms with Crippen LogP contribution in [-0.2, 0) is 6.54 Å². The number of carbonyl (C=O) groups excluding carboxylic acids is 1. The van der Waals surface area contributed by atoms with E-state index < -0.39 is 0 Å². The van der Waals surface area contributed by atoms with Crippen LogP contribution in [0.2, 0.25) is 0 Å². The van der Waals surface area contributed by atoms with Gasteiger partial charge in [0.2, 0.25) is 0 Å². The van der Waals surface area contributed by atoms with E-state index in [9.17, 15) is 4.79 Å². The number of carbonyl (C=O) groups is 1. The number of fused-ring (bicyclic) bond motifs is 1. The number of hydrogen-bond acceptors (Lipinski definition) is 4. The number of rotatable bonds is 4. The zero-order chi connectivity index (χ0) is 18.6. The van der Waals surface area contributed by atoms with Crippen molar-refractivity contribution in [3.63, 3.8) is 0 Å². The average molecular weight is 354 g/mol. The molecule has 0 aliphatic heterocycles. The molecule has 4 rings (SSSR count). The average Bonchev–Trinajstić information content (AvgIpc) is 2.73. The van der Waals surface area contributed by atoms with E-state index in [1.807, 2.05) is 60.7 Å². The molecule has 27 heavy (non-hydrogen) atoms. The van der Waals surface area contributed by atoms with Crippen LogP contribution in [0.3, 0.4) is 0 Å². The SMILES string of the molecule is Nc1nccc2cc(CNC(=O)c3cncc(-c4ccccc4)c3)ccc12. The molecule has 5 nitrogen and oxygen atoms in total. The highest BCUT2D eigenvalue weighted by atomic mass is 16.1. The highest BCUT2D eigenvalue weighted by molar-refractivity contribution is 5.95. The van der Waals surface area contributed by atoms with Crippen LogP contribution in [0.25, 0.3) is 21.9 Å². The number of nitrogens with one attached hydrogen (secondary N) is 1. The number of benzene rings is 2. The lowest BCUT2D eigenvalue weighted by Gasteiger charge is -2.08. The summed E-state index contributed by atoms with van der Waals surface area (Å²) >= 11 is 0. The summed E-state index contributed by atoms with van der Waals surface area (Å²) in [6.07, 6.45) is 5.02. The first kappa shape index (κ1) is 16.7. The Morgan fingerprint density at radius 3 is 2.67 bits per heavy atom. The second-order valence-corrected chi connectivity index (χ2v) is 6.26. The summed E-state index contributed by atoms with van der Waals surface area (Å²) in [7, 11) is 0. The molecule has 5 heteroatoms. The third kappa shape index (κ3) is 3.62. The maximum absolute atomic E-state index is 12.5. The molecule has 0 aliphatic carbocycles. The number of nitrogens with two attached hydrogens (primary N) is 1. The predicted molar refractivity (Wildman–Crippen MR) is 107 cm³/mol. The van der Waals surface area contributed by atoms with E-state index >= 15 is 0 Å². The maximum atomic E-state index is 12.5. The van der Waals surface area contributed by atoms with E-state index in [1.165, 1.54) is 0 Å². The Kier molecular flexibility index (Phi) is 4.49. The van der Waals surface area contributed by atoms with Crippen molar-refractivity contribution in [3.05, 3.63) is 90.4 Å². The van der Waals surface area contributed by atoms with E-state index in [2.05, 4.69) is 15.3 Å². The Morgan fingerprint density at radius 1 is 0.963 bits per heavy atom. The Hall–Kier alpha value is -3.73. The van der Waals surface area contributed by atoms with Crippen LogP contribution in [0, 0.1) is 0 Å². The zero-order valence-corrected chi connectivity index (χ0v) is 14.6. The molecular formula is C22H18N4O. The van der Waals surface area contributed by atoms with E-state index in [-0.39, 0.29) is 5.91 Å². The van der Waals surface area contributed by atoms with Gasteiger partial charge in [-0.15, -0.1) is 0 Å². The molecule has 1 amide bonds. The molecule has 132 valence electrons. The summed E-state index contributed by atoms with van der Waals surface area (Å²) in [6, 6.07) is 19.5. The number of nitrogen functional groups attached to an aromatic ring is 1. The Bertz CT molecular complexity index is 1110. The van der Waals surface area contributed by atoms with Gasteiger partial charge in [-0.25, -0.2) is 4.98 Å². The highest BCUT2D eigenvalue weighted by Gasteiger charge is 2.08. The van der Waals surface area contributed by atoms with Crippen molar-refractivity contribution in [1.29, 1.82) is 0 Å². The van der Waals surface area contributed by atoms with Gasteiger partial charge in [0.05, 0.1) is 5.56 Å². The van der Waals surface area contributed by atoms with Gasteiger partial charge in [0.15, 0.2) is 0 Å². The number of anilines is 1. The van der Waals surface area contributed by atoms with Crippen molar-refractivity contribution in [2.24, 2.45) is 0 Å². The summed E-state index contributed by atoms with van der Waals surface area (Å²) in [5.41, 5.74) is 9.35. The van der Waals surface area contributed by atoms with Crippen molar-refractivity contribution in [3.8, 4) is 11.1 Å². The molecular weight excluding hydrogens is 336 g/mol. The van der Waals surface area contributed by atoms with Crippen molar-refractivity contribution < 1.29 is 4.79 Å². The third-order valence-corrected chi connectivity index (χ3v) is 4.42. The lowest BCUT2D eigenvalue weighted by molar-refractivity contribution is 0.0950. The molecule has 0 saturated carbocycles. The molecule has 0 bridgehead atoms.